The van der Waals surface area contributed by atoms with E-state index in [9.17, 15) is 23.1 Å². The molecule has 104 valence electrons. The van der Waals surface area contributed by atoms with E-state index in [1.165, 1.54) is 12.1 Å². The highest BCUT2D eigenvalue weighted by Crippen LogP contribution is 2.50. The third-order valence-electron chi connectivity index (χ3n) is 3.05. The van der Waals surface area contributed by atoms with E-state index in [0.717, 1.165) is 11.0 Å². The minimum atomic E-state index is -5.05. The number of alkyl halides is 3. The molecule has 1 aromatic carbocycles. The Hall–Kier alpha value is -1.08. The van der Waals surface area contributed by atoms with Gasteiger partial charge in [-0.2, -0.15) is 13.2 Å². The molecule has 2 rings (SSSR count). The standard InChI is InChI=1S/C12H11BrF3NO2/c1-2-5-17-9-4-3-7(13)6-8(9)11(19,10(17)18)12(14,15)16/h3-4,6,19H,2,5H2,1H3. The predicted octanol–water partition coefficient (Wildman–Crippen LogP) is 2.96. The molecule has 3 nitrogen and oxygen atoms in total. The van der Waals surface area contributed by atoms with Crippen LogP contribution in [-0.4, -0.2) is 23.7 Å². The highest BCUT2D eigenvalue weighted by molar-refractivity contribution is 9.10. The number of nitrogens with zero attached hydrogens (tertiary/aromatic N) is 1. The summed E-state index contributed by atoms with van der Waals surface area (Å²) in [6, 6.07) is 4.07. The Morgan fingerprint density at radius 3 is 2.58 bits per heavy atom. The summed E-state index contributed by atoms with van der Waals surface area (Å²) in [5.41, 5.74) is -3.77. The van der Waals surface area contributed by atoms with Crippen LogP contribution >= 0.6 is 15.9 Å². The fraction of sp³-hybridized carbons (Fsp3) is 0.417. The summed E-state index contributed by atoms with van der Waals surface area (Å²) < 4.78 is 39.7. The monoisotopic (exact) mass is 337 g/mol. The van der Waals surface area contributed by atoms with Crippen LogP contribution in [-0.2, 0) is 10.4 Å². The summed E-state index contributed by atoms with van der Waals surface area (Å²) in [6.45, 7) is 1.88. The van der Waals surface area contributed by atoms with Crippen LogP contribution in [0, 0.1) is 0 Å². The van der Waals surface area contributed by atoms with E-state index in [4.69, 9.17) is 0 Å². The lowest BCUT2D eigenvalue weighted by molar-refractivity contribution is -0.253. The van der Waals surface area contributed by atoms with E-state index in [2.05, 4.69) is 15.9 Å². The number of amides is 1. The van der Waals surface area contributed by atoms with Gasteiger partial charge in [0.25, 0.3) is 11.5 Å². The maximum Gasteiger partial charge on any atom is 0.430 e. The van der Waals surface area contributed by atoms with Crippen molar-refractivity contribution in [3.05, 3.63) is 28.2 Å². The third kappa shape index (κ3) is 1.95. The number of hydrogen-bond acceptors (Lipinski definition) is 2. The van der Waals surface area contributed by atoms with E-state index < -0.39 is 23.2 Å². The molecule has 0 saturated carbocycles. The van der Waals surface area contributed by atoms with E-state index >= 15 is 0 Å². The van der Waals surface area contributed by atoms with Crippen LogP contribution in [0.25, 0.3) is 0 Å². The Morgan fingerprint density at radius 2 is 2.05 bits per heavy atom. The second kappa shape index (κ2) is 4.49. The molecule has 1 atom stereocenters. The van der Waals surface area contributed by atoms with Crippen LogP contribution in [0.3, 0.4) is 0 Å². The van der Waals surface area contributed by atoms with Crippen molar-refractivity contribution in [2.75, 3.05) is 11.4 Å². The number of hydrogen-bond donors (Lipinski definition) is 1. The first-order valence-corrected chi connectivity index (χ1v) is 6.44. The van der Waals surface area contributed by atoms with Crippen molar-refractivity contribution in [3.63, 3.8) is 0 Å². The van der Waals surface area contributed by atoms with Crippen molar-refractivity contribution in [1.82, 2.24) is 0 Å². The van der Waals surface area contributed by atoms with Crippen LogP contribution < -0.4 is 4.90 Å². The Morgan fingerprint density at radius 1 is 1.42 bits per heavy atom. The zero-order chi connectivity index (χ0) is 14.4. The molecule has 0 aliphatic carbocycles. The Kier molecular flexibility index (Phi) is 3.38. The minimum absolute atomic E-state index is 0.106. The van der Waals surface area contributed by atoms with Gasteiger partial charge in [0.15, 0.2) is 0 Å². The topological polar surface area (TPSA) is 40.5 Å². The average molecular weight is 338 g/mol. The molecule has 7 heteroatoms. The lowest BCUT2D eigenvalue weighted by Crippen LogP contribution is -2.50. The van der Waals surface area contributed by atoms with Crippen molar-refractivity contribution in [2.45, 2.75) is 25.1 Å². The third-order valence-corrected chi connectivity index (χ3v) is 3.54. The molecule has 19 heavy (non-hydrogen) atoms. The number of carbonyl (C=O) groups is 1. The van der Waals surface area contributed by atoms with Crippen molar-refractivity contribution >= 4 is 27.5 Å². The quantitative estimate of drug-likeness (QED) is 0.901. The van der Waals surface area contributed by atoms with Gasteiger partial charge in [-0.15, -0.1) is 0 Å². The second-order valence-electron chi connectivity index (χ2n) is 4.33. The molecule has 0 radical (unpaired) electrons. The van der Waals surface area contributed by atoms with Gasteiger partial charge in [0, 0.05) is 16.6 Å². The molecule has 0 bridgehead atoms. The number of aliphatic hydroxyl groups is 1. The fourth-order valence-corrected chi connectivity index (χ4v) is 2.53. The molecular formula is C12H11BrF3NO2. The molecular weight excluding hydrogens is 327 g/mol. The summed E-state index contributed by atoms with van der Waals surface area (Å²) in [5, 5.41) is 9.93. The molecule has 0 spiro atoms. The van der Waals surface area contributed by atoms with Gasteiger partial charge in [-0.1, -0.05) is 22.9 Å². The maximum atomic E-state index is 13.1. The summed E-state index contributed by atoms with van der Waals surface area (Å²) in [6.07, 6.45) is -4.56. The van der Waals surface area contributed by atoms with Gasteiger partial charge in [0.05, 0.1) is 5.69 Å². The number of fused-ring (bicyclic) bond motifs is 1. The van der Waals surface area contributed by atoms with Crippen LogP contribution in [0.2, 0.25) is 0 Å². The van der Waals surface area contributed by atoms with Crippen LogP contribution in [0.5, 0.6) is 0 Å². The summed E-state index contributed by atoms with van der Waals surface area (Å²) in [7, 11) is 0. The van der Waals surface area contributed by atoms with Gasteiger partial charge in [-0.25, -0.2) is 0 Å². The van der Waals surface area contributed by atoms with Gasteiger partial charge in [-0.05, 0) is 24.6 Å². The van der Waals surface area contributed by atoms with Gasteiger partial charge < -0.3 is 10.0 Å². The van der Waals surface area contributed by atoms with Gasteiger partial charge in [0.2, 0.25) is 0 Å². The smallest absolute Gasteiger partial charge is 0.368 e. The molecule has 1 aliphatic heterocycles. The molecule has 0 aromatic heterocycles. The normalized spacial score (nSPS) is 22.8. The van der Waals surface area contributed by atoms with E-state index in [0.29, 0.717) is 10.9 Å². The van der Waals surface area contributed by atoms with Gasteiger partial charge in [0.1, 0.15) is 0 Å². The molecule has 1 aliphatic rings. The zero-order valence-corrected chi connectivity index (χ0v) is 11.5. The molecule has 1 N–H and O–H groups in total. The van der Waals surface area contributed by atoms with E-state index in [-0.39, 0.29) is 12.2 Å². The van der Waals surface area contributed by atoms with Crippen LogP contribution in [0.1, 0.15) is 18.9 Å². The Bertz CT molecular complexity index is 532. The number of anilines is 1. The van der Waals surface area contributed by atoms with Crippen LogP contribution in [0.15, 0.2) is 22.7 Å². The first-order chi connectivity index (χ1) is 8.73. The first kappa shape index (κ1) is 14.3. The summed E-state index contributed by atoms with van der Waals surface area (Å²) in [5.74, 6) is -1.34. The summed E-state index contributed by atoms with van der Waals surface area (Å²) in [4.78, 5) is 13.0. The molecule has 1 heterocycles. The lowest BCUT2D eigenvalue weighted by Gasteiger charge is -2.25. The number of benzene rings is 1. The number of carbonyl (C=O) groups excluding carboxylic acids is 1. The predicted molar refractivity (Wildman–Crippen MR) is 66.7 cm³/mol. The highest BCUT2D eigenvalue weighted by Gasteiger charge is 2.66. The minimum Gasteiger partial charge on any atom is -0.368 e. The first-order valence-electron chi connectivity index (χ1n) is 5.64. The Balaban J connectivity index is 2.67. The number of rotatable bonds is 2. The fourth-order valence-electron chi connectivity index (χ4n) is 2.17. The molecule has 0 fully saturated rings. The SMILES string of the molecule is CCCN1C(=O)C(O)(C(F)(F)F)c2cc(Br)ccc21. The van der Waals surface area contributed by atoms with Crippen molar-refractivity contribution in [3.8, 4) is 0 Å². The number of halogens is 4. The molecule has 0 saturated heterocycles. The van der Waals surface area contributed by atoms with Gasteiger partial charge >= 0.3 is 6.18 Å². The molecule has 1 aromatic rings. The van der Waals surface area contributed by atoms with Crippen LogP contribution in [0.4, 0.5) is 18.9 Å². The highest BCUT2D eigenvalue weighted by atomic mass is 79.9. The lowest BCUT2D eigenvalue weighted by atomic mass is 9.95. The second-order valence-corrected chi connectivity index (χ2v) is 5.24. The largest absolute Gasteiger partial charge is 0.430 e. The molecule has 1 unspecified atom stereocenters. The Labute approximate surface area is 116 Å². The van der Waals surface area contributed by atoms with Gasteiger partial charge in [-0.3, -0.25) is 4.79 Å². The van der Waals surface area contributed by atoms with Crippen molar-refractivity contribution in [2.24, 2.45) is 0 Å². The average Bonchev–Trinajstić information content (AvgIpc) is 2.52. The van der Waals surface area contributed by atoms with E-state index in [1.807, 2.05) is 0 Å². The molecule has 1 amide bonds. The van der Waals surface area contributed by atoms with E-state index in [1.54, 1.807) is 6.92 Å². The van der Waals surface area contributed by atoms with Crippen molar-refractivity contribution in [1.29, 1.82) is 0 Å². The summed E-state index contributed by atoms with van der Waals surface area (Å²) >= 11 is 3.05. The zero-order valence-electron chi connectivity index (χ0n) is 9.96. The maximum absolute atomic E-state index is 13.1. The van der Waals surface area contributed by atoms with Crippen molar-refractivity contribution < 1.29 is 23.1 Å².